The van der Waals surface area contributed by atoms with Crippen LogP contribution >= 0.6 is 23.7 Å². The fourth-order valence-electron chi connectivity index (χ4n) is 2.80. The summed E-state index contributed by atoms with van der Waals surface area (Å²) in [6, 6.07) is 11.2. The lowest BCUT2D eigenvalue weighted by Crippen LogP contribution is -2.45. The van der Waals surface area contributed by atoms with E-state index in [4.69, 9.17) is 0 Å². The molecule has 0 aliphatic carbocycles. The number of hydrogen-bond acceptors (Lipinski definition) is 4. The molecule has 1 aliphatic heterocycles. The van der Waals surface area contributed by atoms with Crippen LogP contribution in [0.15, 0.2) is 41.8 Å². The van der Waals surface area contributed by atoms with Gasteiger partial charge in [-0.05, 0) is 29.1 Å². The fourth-order valence-corrected chi connectivity index (χ4v) is 3.69. The van der Waals surface area contributed by atoms with Crippen molar-refractivity contribution in [2.24, 2.45) is 0 Å². The SMILES string of the molecule is Cl.FC(F)Oc1cccc([C@@H](c2cccs2)N2CCNCC2)c1. The molecule has 0 amide bonds. The van der Waals surface area contributed by atoms with Gasteiger partial charge in [-0.25, -0.2) is 0 Å². The summed E-state index contributed by atoms with van der Waals surface area (Å²) in [5.41, 5.74) is 0.988. The molecule has 2 heterocycles. The van der Waals surface area contributed by atoms with Crippen LogP contribution < -0.4 is 10.1 Å². The molecule has 1 N–H and O–H groups in total. The van der Waals surface area contributed by atoms with Crippen molar-refractivity contribution in [1.29, 1.82) is 0 Å². The summed E-state index contributed by atoms with van der Waals surface area (Å²) < 4.78 is 29.4. The first-order valence-corrected chi connectivity index (χ1v) is 8.15. The van der Waals surface area contributed by atoms with Crippen LogP contribution in [-0.2, 0) is 0 Å². The first-order chi connectivity index (χ1) is 10.7. The third-order valence-electron chi connectivity index (χ3n) is 3.73. The number of nitrogens with one attached hydrogen (secondary N) is 1. The van der Waals surface area contributed by atoms with Gasteiger partial charge in [-0.15, -0.1) is 23.7 Å². The standard InChI is InChI=1S/C16H18F2N2OS.ClH/c17-16(18)21-13-4-1-3-12(11-13)15(14-5-2-10-22-14)20-8-6-19-7-9-20;/h1-5,10-11,15-16,19H,6-9H2;1H/t15-;/m0./s1. The van der Waals surface area contributed by atoms with Crippen molar-refractivity contribution >= 4 is 23.7 Å². The third-order valence-corrected chi connectivity index (χ3v) is 4.65. The normalized spacial score (nSPS) is 16.8. The van der Waals surface area contributed by atoms with Crippen molar-refractivity contribution in [2.45, 2.75) is 12.7 Å². The Labute approximate surface area is 144 Å². The number of halogens is 3. The van der Waals surface area contributed by atoms with Gasteiger partial charge in [-0.1, -0.05) is 18.2 Å². The molecular weight excluding hydrogens is 342 g/mol. The highest BCUT2D eigenvalue weighted by Gasteiger charge is 2.25. The van der Waals surface area contributed by atoms with Crippen LogP contribution in [0, 0.1) is 0 Å². The Morgan fingerprint density at radius 1 is 1.13 bits per heavy atom. The number of piperazine rings is 1. The summed E-state index contributed by atoms with van der Waals surface area (Å²) in [4.78, 5) is 3.60. The molecule has 126 valence electrons. The quantitative estimate of drug-likeness (QED) is 0.878. The van der Waals surface area contributed by atoms with Gasteiger partial charge in [0.05, 0.1) is 6.04 Å². The Kier molecular flexibility index (Phi) is 6.77. The number of ether oxygens (including phenoxy) is 1. The summed E-state index contributed by atoms with van der Waals surface area (Å²) >= 11 is 1.69. The number of nitrogens with zero attached hydrogens (tertiary/aromatic N) is 1. The topological polar surface area (TPSA) is 24.5 Å². The minimum absolute atomic E-state index is 0. The predicted molar refractivity (Wildman–Crippen MR) is 90.9 cm³/mol. The average Bonchev–Trinajstić information content (AvgIpc) is 3.02. The zero-order chi connectivity index (χ0) is 15.4. The van der Waals surface area contributed by atoms with Gasteiger partial charge >= 0.3 is 6.61 Å². The molecule has 3 nitrogen and oxygen atoms in total. The van der Waals surface area contributed by atoms with Crippen molar-refractivity contribution in [1.82, 2.24) is 10.2 Å². The van der Waals surface area contributed by atoms with E-state index >= 15 is 0 Å². The van der Waals surface area contributed by atoms with Gasteiger partial charge in [0.2, 0.25) is 0 Å². The van der Waals surface area contributed by atoms with Gasteiger partial charge in [-0.3, -0.25) is 4.90 Å². The van der Waals surface area contributed by atoms with Crippen molar-refractivity contribution in [3.8, 4) is 5.75 Å². The molecule has 0 radical (unpaired) electrons. The highest BCUT2D eigenvalue weighted by atomic mass is 35.5. The highest BCUT2D eigenvalue weighted by molar-refractivity contribution is 7.10. The molecule has 1 aromatic carbocycles. The van der Waals surface area contributed by atoms with Crippen molar-refractivity contribution in [2.75, 3.05) is 26.2 Å². The summed E-state index contributed by atoms with van der Waals surface area (Å²) in [6.45, 7) is 0.949. The van der Waals surface area contributed by atoms with Gasteiger partial charge in [0.15, 0.2) is 0 Å². The second kappa shape index (κ2) is 8.59. The largest absolute Gasteiger partial charge is 0.435 e. The lowest BCUT2D eigenvalue weighted by molar-refractivity contribution is -0.0499. The predicted octanol–water partition coefficient (Wildman–Crippen LogP) is 3.77. The van der Waals surface area contributed by atoms with Crippen molar-refractivity contribution in [3.63, 3.8) is 0 Å². The van der Waals surface area contributed by atoms with Crippen LogP contribution in [0.5, 0.6) is 5.75 Å². The maximum Gasteiger partial charge on any atom is 0.387 e. The summed E-state index contributed by atoms with van der Waals surface area (Å²) in [7, 11) is 0. The summed E-state index contributed by atoms with van der Waals surface area (Å²) in [5, 5.41) is 5.39. The molecule has 0 unspecified atom stereocenters. The van der Waals surface area contributed by atoms with Gasteiger partial charge < -0.3 is 10.1 Å². The van der Waals surface area contributed by atoms with Crippen LogP contribution in [0.4, 0.5) is 8.78 Å². The van der Waals surface area contributed by atoms with E-state index in [2.05, 4.69) is 21.0 Å². The number of hydrogen-bond donors (Lipinski definition) is 1. The zero-order valence-corrected chi connectivity index (χ0v) is 14.1. The van der Waals surface area contributed by atoms with Gasteiger partial charge in [0, 0.05) is 31.1 Å². The molecule has 1 atom stereocenters. The van der Waals surface area contributed by atoms with E-state index in [0.717, 1.165) is 31.7 Å². The van der Waals surface area contributed by atoms with Crippen LogP contribution in [0.3, 0.4) is 0 Å². The summed E-state index contributed by atoms with van der Waals surface area (Å²) in [5.74, 6) is 0.212. The lowest BCUT2D eigenvalue weighted by Gasteiger charge is -2.34. The second-order valence-corrected chi connectivity index (χ2v) is 6.13. The number of benzene rings is 1. The Morgan fingerprint density at radius 2 is 1.91 bits per heavy atom. The zero-order valence-electron chi connectivity index (χ0n) is 12.5. The van der Waals surface area contributed by atoms with E-state index in [1.807, 2.05) is 17.5 Å². The van der Waals surface area contributed by atoms with E-state index in [1.165, 1.54) is 4.88 Å². The smallest absolute Gasteiger partial charge is 0.387 e. The Balaban J connectivity index is 0.00000192. The van der Waals surface area contributed by atoms with Gasteiger partial charge in [0.25, 0.3) is 0 Å². The molecule has 0 saturated carbocycles. The molecule has 3 rings (SSSR count). The van der Waals surface area contributed by atoms with Crippen LogP contribution in [0.25, 0.3) is 0 Å². The number of thiophene rings is 1. The minimum Gasteiger partial charge on any atom is -0.435 e. The monoisotopic (exact) mass is 360 g/mol. The highest BCUT2D eigenvalue weighted by Crippen LogP contribution is 2.33. The number of alkyl halides is 2. The Bertz CT molecular complexity index is 592. The minimum atomic E-state index is -2.80. The third kappa shape index (κ3) is 4.64. The average molecular weight is 361 g/mol. The fraction of sp³-hybridized carbons (Fsp3) is 0.375. The Morgan fingerprint density at radius 3 is 2.57 bits per heavy atom. The van der Waals surface area contributed by atoms with Gasteiger partial charge in [0.1, 0.15) is 5.75 Å². The number of rotatable bonds is 5. The maximum atomic E-state index is 12.4. The Hall–Kier alpha value is -1.21. The molecule has 1 aromatic heterocycles. The van der Waals surface area contributed by atoms with E-state index in [9.17, 15) is 8.78 Å². The molecule has 23 heavy (non-hydrogen) atoms. The molecular formula is C16H19ClF2N2OS. The van der Waals surface area contributed by atoms with Crippen LogP contribution in [0.2, 0.25) is 0 Å². The van der Waals surface area contributed by atoms with E-state index in [-0.39, 0.29) is 24.2 Å². The first-order valence-electron chi connectivity index (χ1n) is 7.27. The molecule has 7 heteroatoms. The van der Waals surface area contributed by atoms with E-state index in [0.29, 0.717) is 0 Å². The van der Waals surface area contributed by atoms with Crippen molar-refractivity contribution in [3.05, 3.63) is 52.2 Å². The molecule has 1 saturated heterocycles. The second-order valence-electron chi connectivity index (χ2n) is 5.15. The molecule has 2 aromatic rings. The van der Waals surface area contributed by atoms with Gasteiger partial charge in [-0.2, -0.15) is 8.78 Å². The summed E-state index contributed by atoms with van der Waals surface area (Å²) in [6.07, 6.45) is 0. The van der Waals surface area contributed by atoms with Crippen molar-refractivity contribution < 1.29 is 13.5 Å². The van der Waals surface area contributed by atoms with Crippen LogP contribution in [0.1, 0.15) is 16.5 Å². The van der Waals surface area contributed by atoms with E-state index in [1.54, 1.807) is 29.5 Å². The maximum absolute atomic E-state index is 12.4. The lowest BCUT2D eigenvalue weighted by atomic mass is 10.0. The molecule has 1 fully saturated rings. The molecule has 1 aliphatic rings. The van der Waals surface area contributed by atoms with Crippen LogP contribution in [-0.4, -0.2) is 37.7 Å². The molecule has 0 bridgehead atoms. The molecule has 0 spiro atoms. The van der Waals surface area contributed by atoms with E-state index < -0.39 is 6.61 Å². The first kappa shape index (κ1) is 18.1.